The van der Waals surface area contributed by atoms with Crippen molar-refractivity contribution in [2.45, 2.75) is 30.9 Å². The Kier molecular flexibility index (Phi) is 4.62. The second kappa shape index (κ2) is 7.23. The van der Waals surface area contributed by atoms with E-state index < -0.39 is 11.7 Å². The molecule has 2 heterocycles. The zero-order chi connectivity index (χ0) is 21.8. The lowest BCUT2D eigenvalue weighted by Crippen LogP contribution is -2.56. The molecule has 1 aliphatic carbocycles. The summed E-state index contributed by atoms with van der Waals surface area (Å²) >= 11 is 1.52. The third-order valence-corrected chi connectivity index (χ3v) is 7.08. The van der Waals surface area contributed by atoms with Gasteiger partial charge in [-0.3, -0.25) is 4.79 Å². The van der Waals surface area contributed by atoms with E-state index in [9.17, 15) is 14.7 Å². The SMILES string of the molecule is CN(C)C(=O)OC12CCN(C(=O)c3ccc4ncsc4c3)C(Cc3ccc(O)cc31)C2. The zero-order valence-corrected chi connectivity index (χ0v) is 18.2. The average molecular weight is 438 g/mol. The second-order valence-electron chi connectivity index (χ2n) is 8.44. The van der Waals surface area contributed by atoms with Gasteiger partial charge in [-0.05, 0) is 42.3 Å². The number of benzene rings is 2. The van der Waals surface area contributed by atoms with Crippen LogP contribution in [0.1, 0.15) is 34.3 Å². The van der Waals surface area contributed by atoms with Gasteiger partial charge in [-0.2, -0.15) is 0 Å². The maximum absolute atomic E-state index is 13.4. The van der Waals surface area contributed by atoms with Crippen molar-refractivity contribution in [3.63, 3.8) is 0 Å². The Bertz CT molecular complexity index is 1190. The summed E-state index contributed by atoms with van der Waals surface area (Å²) in [5, 5.41) is 10.1. The lowest BCUT2D eigenvalue weighted by Gasteiger charge is -2.50. The molecule has 2 bridgehead atoms. The molecule has 1 fully saturated rings. The molecule has 1 N–H and O–H groups in total. The number of likely N-dealkylation sites (tertiary alicyclic amines) is 1. The molecule has 7 nitrogen and oxygen atoms in total. The van der Waals surface area contributed by atoms with Crippen molar-refractivity contribution in [3.05, 3.63) is 58.6 Å². The second-order valence-corrected chi connectivity index (χ2v) is 9.33. The number of phenolic OH excluding ortho intramolecular Hbond substituents is 1. The van der Waals surface area contributed by atoms with Crippen molar-refractivity contribution in [2.75, 3.05) is 20.6 Å². The van der Waals surface area contributed by atoms with Gasteiger partial charge >= 0.3 is 6.09 Å². The van der Waals surface area contributed by atoms with E-state index in [2.05, 4.69) is 4.98 Å². The van der Waals surface area contributed by atoms with Gasteiger partial charge in [0.1, 0.15) is 11.4 Å². The van der Waals surface area contributed by atoms with Gasteiger partial charge in [-0.1, -0.05) is 6.07 Å². The molecule has 0 spiro atoms. The molecular weight excluding hydrogens is 414 g/mol. The molecule has 2 aromatic carbocycles. The Balaban J connectivity index is 1.50. The minimum Gasteiger partial charge on any atom is -0.508 e. The summed E-state index contributed by atoms with van der Waals surface area (Å²) in [5.41, 5.74) is 4.30. The molecule has 3 aromatic rings. The van der Waals surface area contributed by atoms with Crippen LogP contribution in [0.3, 0.4) is 0 Å². The number of carbonyl (C=O) groups excluding carboxylic acids is 2. The zero-order valence-electron chi connectivity index (χ0n) is 17.4. The number of aromatic hydroxyl groups is 1. The number of amides is 2. The van der Waals surface area contributed by atoms with Crippen LogP contribution in [-0.4, -0.2) is 58.6 Å². The number of nitrogens with zero attached hydrogens (tertiary/aromatic N) is 3. The van der Waals surface area contributed by atoms with Crippen LogP contribution in [0.15, 0.2) is 41.9 Å². The number of ether oxygens (including phenoxy) is 1. The van der Waals surface area contributed by atoms with Gasteiger partial charge in [-0.15, -0.1) is 11.3 Å². The van der Waals surface area contributed by atoms with Crippen LogP contribution < -0.4 is 0 Å². The fourth-order valence-electron chi connectivity index (χ4n) is 4.75. The van der Waals surface area contributed by atoms with Crippen LogP contribution in [0.2, 0.25) is 0 Å². The Labute approximate surface area is 183 Å². The summed E-state index contributed by atoms with van der Waals surface area (Å²) < 4.78 is 6.99. The highest BCUT2D eigenvalue weighted by atomic mass is 32.1. The number of hydrogen-bond donors (Lipinski definition) is 1. The monoisotopic (exact) mass is 437 g/mol. The van der Waals surface area contributed by atoms with Gasteiger partial charge in [0.05, 0.1) is 15.7 Å². The van der Waals surface area contributed by atoms with E-state index in [4.69, 9.17) is 4.74 Å². The molecule has 1 saturated heterocycles. The molecule has 2 unspecified atom stereocenters. The third-order valence-electron chi connectivity index (χ3n) is 6.29. The molecule has 0 saturated carbocycles. The molecular formula is C23H23N3O4S. The number of aromatic nitrogens is 1. The lowest BCUT2D eigenvalue weighted by atomic mass is 9.71. The van der Waals surface area contributed by atoms with E-state index in [1.165, 1.54) is 16.2 Å². The standard InChI is InChI=1S/C23H23N3O4S/c1-25(2)22(29)30-23-7-8-26(16(12-23)9-14-3-5-17(27)11-18(14)23)21(28)15-4-6-19-20(10-15)31-13-24-19/h3-6,10-11,13,16,27H,7-9,12H2,1-2H3. The van der Waals surface area contributed by atoms with E-state index in [0.717, 1.165) is 21.3 Å². The predicted octanol–water partition coefficient (Wildman–Crippen LogP) is 3.76. The maximum atomic E-state index is 13.4. The van der Waals surface area contributed by atoms with E-state index in [1.54, 1.807) is 31.7 Å². The smallest absolute Gasteiger partial charge is 0.410 e. The van der Waals surface area contributed by atoms with Crippen LogP contribution in [0.25, 0.3) is 10.2 Å². The summed E-state index contributed by atoms with van der Waals surface area (Å²) in [4.78, 5) is 33.5. The van der Waals surface area contributed by atoms with Crippen molar-refractivity contribution >= 4 is 33.6 Å². The van der Waals surface area contributed by atoms with Crippen molar-refractivity contribution in [1.82, 2.24) is 14.8 Å². The number of rotatable bonds is 2. The first-order valence-corrected chi connectivity index (χ1v) is 11.1. The summed E-state index contributed by atoms with van der Waals surface area (Å²) in [6, 6.07) is 10.7. The van der Waals surface area contributed by atoms with E-state index in [1.807, 2.05) is 29.2 Å². The Hall–Kier alpha value is -3.13. The molecule has 2 aliphatic rings. The Morgan fingerprint density at radius 1 is 1.26 bits per heavy atom. The molecule has 160 valence electrons. The van der Waals surface area contributed by atoms with Gasteiger partial charge in [0, 0.05) is 50.7 Å². The fourth-order valence-corrected chi connectivity index (χ4v) is 5.47. The highest BCUT2D eigenvalue weighted by Crippen LogP contribution is 2.47. The molecule has 2 atom stereocenters. The number of piperidine rings is 1. The maximum Gasteiger partial charge on any atom is 0.410 e. The molecule has 1 aromatic heterocycles. The largest absolute Gasteiger partial charge is 0.508 e. The van der Waals surface area contributed by atoms with Crippen LogP contribution in [0.4, 0.5) is 4.79 Å². The Morgan fingerprint density at radius 3 is 2.90 bits per heavy atom. The molecule has 2 amide bonds. The average Bonchev–Trinajstić information content (AvgIpc) is 3.22. The van der Waals surface area contributed by atoms with Gasteiger partial charge in [-0.25, -0.2) is 9.78 Å². The van der Waals surface area contributed by atoms with E-state index in [-0.39, 0.29) is 17.7 Å². The quantitative estimate of drug-likeness (QED) is 0.660. The van der Waals surface area contributed by atoms with Crippen LogP contribution in [0.5, 0.6) is 5.75 Å². The molecule has 8 heteroatoms. The van der Waals surface area contributed by atoms with Gasteiger partial charge in [0.25, 0.3) is 5.91 Å². The number of fused-ring (bicyclic) bond motifs is 5. The highest BCUT2D eigenvalue weighted by molar-refractivity contribution is 7.16. The van der Waals surface area contributed by atoms with E-state index >= 15 is 0 Å². The topological polar surface area (TPSA) is 83.0 Å². The first kappa shape index (κ1) is 19.8. The normalized spacial score (nSPS) is 22.1. The lowest BCUT2D eigenvalue weighted by molar-refractivity contribution is -0.0698. The fraction of sp³-hybridized carbons (Fsp3) is 0.348. The van der Waals surface area contributed by atoms with Crippen molar-refractivity contribution < 1.29 is 19.4 Å². The minimum atomic E-state index is -0.850. The van der Waals surface area contributed by atoms with Gasteiger partial charge < -0.3 is 19.6 Å². The highest BCUT2D eigenvalue weighted by Gasteiger charge is 2.50. The third kappa shape index (κ3) is 3.31. The van der Waals surface area contributed by atoms with Crippen molar-refractivity contribution in [2.24, 2.45) is 0 Å². The predicted molar refractivity (Wildman–Crippen MR) is 117 cm³/mol. The summed E-state index contributed by atoms with van der Waals surface area (Å²) in [7, 11) is 3.30. The summed E-state index contributed by atoms with van der Waals surface area (Å²) in [6.07, 6.45) is 1.22. The molecule has 31 heavy (non-hydrogen) atoms. The number of hydrogen-bond acceptors (Lipinski definition) is 6. The molecule has 0 radical (unpaired) electrons. The van der Waals surface area contributed by atoms with Crippen LogP contribution >= 0.6 is 11.3 Å². The van der Waals surface area contributed by atoms with Gasteiger partial charge in [0.15, 0.2) is 0 Å². The minimum absolute atomic E-state index is 0.0185. The first-order chi connectivity index (χ1) is 14.9. The number of phenols is 1. The van der Waals surface area contributed by atoms with Crippen LogP contribution in [0, 0.1) is 0 Å². The summed E-state index contributed by atoms with van der Waals surface area (Å²) in [6.45, 7) is 0.472. The number of thiazole rings is 1. The van der Waals surface area contributed by atoms with Crippen LogP contribution in [-0.2, 0) is 16.8 Å². The summed E-state index contributed by atoms with van der Waals surface area (Å²) in [5.74, 6) is 0.129. The molecule has 5 rings (SSSR count). The molecule has 1 aliphatic heterocycles. The van der Waals surface area contributed by atoms with Crippen molar-refractivity contribution in [1.29, 1.82) is 0 Å². The van der Waals surface area contributed by atoms with Gasteiger partial charge in [0.2, 0.25) is 0 Å². The number of carbonyl (C=O) groups is 2. The van der Waals surface area contributed by atoms with E-state index in [0.29, 0.717) is 31.4 Å². The Morgan fingerprint density at radius 2 is 2.10 bits per heavy atom. The first-order valence-electron chi connectivity index (χ1n) is 10.2. The van der Waals surface area contributed by atoms with Crippen molar-refractivity contribution in [3.8, 4) is 5.75 Å².